The first-order valence-corrected chi connectivity index (χ1v) is 18.0. The van der Waals surface area contributed by atoms with Crippen molar-refractivity contribution >= 4 is 17.3 Å². The fourth-order valence-corrected chi connectivity index (χ4v) is 9.89. The fraction of sp³-hybridized carbons (Fsp3) is 0.525. The molecule has 12 heteroatoms. The van der Waals surface area contributed by atoms with E-state index < -0.39 is 10.8 Å². The highest BCUT2D eigenvalue weighted by atomic mass is 16.5. The average Bonchev–Trinajstić information content (AvgIpc) is 3.11. The molecule has 8 rings (SSSR count). The number of aliphatic hydroxyl groups is 2. The van der Waals surface area contributed by atoms with Crippen LogP contribution in [-0.4, -0.2) is 114 Å². The number of carbonyl (C=O) groups excluding carboxylic acids is 3. The summed E-state index contributed by atoms with van der Waals surface area (Å²) in [5.41, 5.74) is 2.02. The van der Waals surface area contributed by atoms with E-state index in [2.05, 4.69) is 30.0 Å². The van der Waals surface area contributed by atoms with Crippen LogP contribution in [0.25, 0.3) is 0 Å². The summed E-state index contributed by atoms with van der Waals surface area (Å²) in [6.45, 7) is 6.03. The van der Waals surface area contributed by atoms with E-state index in [-0.39, 0.29) is 84.1 Å². The first-order valence-electron chi connectivity index (χ1n) is 18.0. The number of aliphatic hydroxyl groups excluding tert-OH is 2. The van der Waals surface area contributed by atoms with Crippen LogP contribution < -0.4 is 0 Å². The van der Waals surface area contributed by atoms with E-state index in [1.54, 1.807) is 13.0 Å². The molecule has 2 fully saturated rings. The van der Waals surface area contributed by atoms with Crippen molar-refractivity contribution in [1.29, 1.82) is 0 Å². The van der Waals surface area contributed by atoms with Gasteiger partial charge in [-0.1, -0.05) is 18.2 Å². The summed E-state index contributed by atoms with van der Waals surface area (Å²) in [5.74, 6) is -0.220. The lowest BCUT2D eigenvalue weighted by Gasteiger charge is -2.58. The second-order valence-corrected chi connectivity index (χ2v) is 14.6. The zero-order chi connectivity index (χ0) is 37.7. The zero-order valence-electron chi connectivity index (χ0n) is 30.7. The Hall–Kier alpha value is -4.23. The number of piperidine rings is 2. The Balaban J connectivity index is 0.000000167. The highest BCUT2D eigenvalue weighted by Gasteiger charge is 2.60. The van der Waals surface area contributed by atoms with Gasteiger partial charge in [0.1, 0.15) is 0 Å². The Labute approximate surface area is 304 Å². The van der Waals surface area contributed by atoms with Gasteiger partial charge in [0.05, 0.1) is 20.3 Å². The van der Waals surface area contributed by atoms with E-state index in [1.165, 1.54) is 26.4 Å². The van der Waals surface area contributed by atoms with Crippen LogP contribution in [0.3, 0.4) is 0 Å². The number of likely N-dealkylation sites (tertiary alicyclic amines) is 2. The van der Waals surface area contributed by atoms with Crippen molar-refractivity contribution in [2.24, 2.45) is 17.3 Å². The highest BCUT2D eigenvalue weighted by Crippen LogP contribution is 2.61. The van der Waals surface area contributed by atoms with Crippen molar-refractivity contribution < 1.29 is 49.0 Å². The maximum atomic E-state index is 12.7. The van der Waals surface area contributed by atoms with E-state index in [4.69, 9.17) is 19.3 Å². The number of rotatable bonds is 4. The number of carbonyl (C=O) groups is 3. The molecule has 4 N–H and O–H groups in total. The molecule has 0 radical (unpaired) electrons. The number of benzene rings is 1. The number of phenolic OH excluding ortho intramolecular Hbond substituents is 2. The van der Waals surface area contributed by atoms with Gasteiger partial charge in [0, 0.05) is 71.9 Å². The van der Waals surface area contributed by atoms with Crippen LogP contribution in [0.1, 0.15) is 56.8 Å². The van der Waals surface area contributed by atoms with E-state index in [1.807, 2.05) is 25.1 Å². The summed E-state index contributed by atoms with van der Waals surface area (Å²) < 4.78 is 16.7. The van der Waals surface area contributed by atoms with Gasteiger partial charge in [-0.3, -0.25) is 24.2 Å². The minimum Gasteiger partial charge on any atom is -0.504 e. The van der Waals surface area contributed by atoms with E-state index in [9.17, 15) is 29.7 Å². The summed E-state index contributed by atoms with van der Waals surface area (Å²) in [6, 6.07) is 3.51. The second kappa shape index (κ2) is 14.3. The van der Waals surface area contributed by atoms with Gasteiger partial charge in [-0.15, -0.1) is 0 Å². The van der Waals surface area contributed by atoms with Gasteiger partial charge in [0.2, 0.25) is 5.78 Å². The van der Waals surface area contributed by atoms with Crippen molar-refractivity contribution in [2.45, 2.75) is 63.1 Å². The monoisotopic (exact) mass is 718 g/mol. The molecule has 2 heterocycles. The number of phenols is 2. The number of aromatic hydroxyl groups is 2. The topological polar surface area (TPSA) is 166 Å². The lowest BCUT2D eigenvalue weighted by molar-refractivity contribution is -0.126. The number of ether oxygens (including phenoxy) is 3. The number of allylic oxidation sites excluding steroid dienone is 6. The minimum atomic E-state index is -0.540. The number of hydrogen-bond acceptors (Lipinski definition) is 12. The second-order valence-electron chi connectivity index (χ2n) is 14.6. The Morgan fingerprint density at radius 1 is 0.827 bits per heavy atom. The first-order chi connectivity index (χ1) is 24.8. The summed E-state index contributed by atoms with van der Waals surface area (Å²) >= 11 is 0. The summed E-state index contributed by atoms with van der Waals surface area (Å²) in [7, 11) is 7.16. The van der Waals surface area contributed by atoms with Gasteiger partial charge in [-0.05, 0) is 89.3 Å². The normalized spacial score (nSPS) is 33.0. The van der Waals surface area contributed by atoms with Crippen molar-refractivity contribution in [2.75, 3.05) is 54.6 Å². The quantitative estimate of drug-likeness (QED) is 0.332. The molecule has 1 aromatic rings. The minimum absolute atomic E-state index is 0.0223. The van der Waals surface area contributed by atoms with Crippen molar-refractivity contribution in [3.63, 3.8) is 0 Å². The van der Waals surface area contributed by atoms with Gasteiger partial charge in [-0.25, -0.2) is 0 Å². The third-order valence-corrected chi connectivity index (χ3v) is 12.1. The molecule has 7 atom stereocenters. The van der Waals surface area contributed by atoms with Gasteiger partial charge < -0.3 is 34.6 Å². The Bertz CT molecular complexity index is 1810. The molecule has 0 saturated carbocycles. The standard InChI is InChI=1S/C20H25NO5.C18H19NO4.C2H6O/c1-4-26-19-11-5-6-13(22)18(24)16(11)20-7-8-21(2)17(19)12(20)9-15(25-3)14(23)10-20;1-19-6-5-18-9-14(21)15(23-2)8-11(18)12(19)7-10-3-4-13(20)17(22)16(10)18;1-2-3/h5-6,9,12,17,19,22,24H,4,7-8,10H2,1-3H3;3-4,7-8,11-12,22H,5-6,9H2,1-2H3;3H,2H2,1H3/t12?,17-,19-,20-;11?,12-,18+;/m10./s1. The van der Waals surface area contributed by atoms with Crippen LogP contribution >= 0.6 is 0 Å². The number of Topliss-reactive ketones (excluding diaryl/α,β-unsaturated/α-hetero) is 2. The van der Waals surface area contributed by atoms with Crippen LogP contribution in [0, 0.1) is 17.3 Å². The summed E-state index contributed by atoms with van der Waals surface area (Å²) in [4.78, 5) is 41.7. The fourth-order valence-electron chi connectivity index (χ4n) is 9.89. The summed E-state index contributed by atoms with van der Waals surface area (Å²) in [6.07, 6.45) is 10.8. The molecule has 2 aliphatic heterocycles. The van der Waals surface area contributed by atoms with Crippen LogP contribution in [-0.2, 0) is 34.0 Å². The first kappa shape index (κ1) is 37.5. The highest BCUT2D eigenvalue weighted by molar-refractivity contribution is 6.06. The molecule has 7 aliphatic rings. The summed E-state index contributed by atoms with van der Waals surface area (Å²) in [5, 5.41) is 39.0. The van der Waals surface area contributed by atoms with Crippen LogP contribution in [0.4, 0.5) is 0 Å². The maximum Gasteiger partial charge on any atom is 0.220 e. The third-order valence-electron chi connectivity index (χ3n) is 12.1. The molecule has 0 amide bonds. The number of methoxy groups -OCH3 is 2. The molecule has 280 valence electrons. The maximum absolute atomic E-state index is 12.7. The number of hydrogen-bond donors (Lipinski definition) is 4. The molecule has 1 aromatic carbocycles. The van der Waals surface area contributed by atoms with Gasteiger partial charge in [0.25, 0.3) is 0 Å². The molecule has 5 aliphatic carbocycles. The molecule has 12 nitrogen and oxygen atoms in total. The number of nitrogens with zero attached hydrogens (tertiary/aromatic N) is 2. The van der Waals surface area contributed by atoms with E-state index in [0.29, 0.717) is 29.3 Å². The molecule has 0 spiro atoms. The van der Waals surface area contributed by atoms with Crippen molar-refractivity contribution in [3.8, 4) is 11.5 Å². The smallest absolute Gasteiger partial charge is 0.220 e. The van der Waals surface area contributed by atoms with E-state index in [0.717, 1.165) is 37.1 Å². The predicted octanol–water partition coefficient (Wildman–Crippen LogP) is 3.94. The SMILES string of the molecule is CCO.CCO[C@@H]1c2ccc(O)c(O)c2[C@@]23CCN(C)[C@@H]1C2C=C(OC)C(=O)C3.COC1=CC2[C@@H]3C=C4C=CC(=O)C(O)=C4[C@]2(CCN3C)CC1=O. The van der Waals surface area contributed by atoms with Crippen molar-refractivity contribution in [1.82, 2.24) is 9.80 Å². The Morgan fingerprint density at radius 2 is 1.42 bits per heavy atom. The third kappa shape index (κ3) is 5.71. The predicted molar refractivity (Wildman–Crippen MR) is 191 cm³/mol. The lowest BCUT2D eigenvalue weighted by atomic mass is 9.52. The molecule has 52 heavy (non-hydrogen) atoms. The number of likely N-dealkylation sites (N-methyl/N-ethyl adjacent to an activating group) is 2. The molecule has 2 saturated heterocycles. The average molecular weight is 719 g/mol. The van der Waals surface area contributed by atoms with Gasteiger partial charge in [-0.2, -0.15) is 0 Å². The molecular weight excluding hydrogens is 668 g/mol. The lowest BCUT2D eigenvalue weighted by Crippen LogP contribution is -2.62. The van der Waals surface area contributed by atoms with Crippen LogP contribution in [0.2, 0.25) is 0 Å². The Morgan fingerprint density at radius 3 is 2.06 bits per heavy atom. The van der Waals surface area contributed by atoms with Gasteiger partial charge in [0.15, 0.2) is 40.3 Å². The number of ketones is 3. The molecule has 4 bridgehead atoms. The number of fused-ring (bicyclic) bond motifs is 2. The van der Waals surface area contributed by atoms with Gasteiger partial charge >= 0.3 is 0 Å². The molecule has 0 aromatic heterocycles. The Kier molecular flexibility index (Phi) is 10.3. The molecule has 2 unspecified atom stereocenters. The zero-order valence-corrected chi connectivity index (χ0v) is 30.7. The van der Waals surface area contributed by atoms with E-state index >= 15 is 0 Å². The van der Waals surface area contributed by atoms with Crippen molar-refractivity contribution in [3.05, 3.63) is 82.1 Å². The van der Waals surface area contributed by atoms with Crippen LogP contribution in [0.5, 0.6) is 11.5 Å². The van der Waals surface area contributed by atoms with Crippen LogP contribution in [0.15, 0.2) is 70.9 Å². The largest absolute Gasteiger partial charge is 0.504 e. The molecular formula is C40H50N2O10.